The van der Waals surface area contributed by atoms with Crippen LogP contribution < -0.4 is 4.74 Å². The van der Waals surface area contributed by atoms with E-state index in [-0.39, 0.29) is 12.1 Å². The summed E-state index contributed by atoms with van der Waals surface area (Å²) in [5.74, 6) is -0.919. The van der Waals surface area contributed by atoms with Crippen LogP contribution in [0.25, 0.3) is 5.57 Å². The number of aliphatic hydroxyl groups is 1. The quantitative estimate of drug-likeness (QED) is 0.838. The van der Waals surface area contributed by atoms with Gasteiger partial charge in [-0.15, -0.1) is 0 Å². The lowest BCUT2D eigenvalue weighted by Crippen LogP contribution is -2.31. The van der Waals surface area contributed by atoms with Gasteiger partial charge in [-0.1, -0.05) is 12.1 Å². The second kappa shape index (κ2) is 5.14. The van der Waals surface area contributed by atoms with E-state index in [1.165, 1.54) is 0 Å². The van der Waals surface area contributed by atoms with E-state index in [1.807, 2.05) is 6.92 Å². The monoisotopic (exact) mass is 261 g/mol. The molecule has 1 aromatic carbocycles. The lowest BCUT2D eigenvalue weighted by atomic mass is 10.1. The van der Waals surface area contributed by atoms with Crippen LogP contribution >= 0.6 is 0 Å². The minimum Gasteiger partial charge on any atom is -0.502 e. The highest BCUT2D eigenvalue weighted by molar-refractivity contribution is 6.34. The molecule has 0 unspecified atom stereocenters. The summed E-state index contributed by atoms with van der Waals surface area (Å²) in [5, 5.41) is 9.79. The number of carbonyl (C=O) groups excluding carboxylic acids is 2. The first kappa shape index (κ1) is 13.1. The number of ether oxygens (including phenoxy) is 1. The smallest absolute Gasteiger partial charge is 0.296 e. The maximum Gasteiger partial charge on any atom is 0.296 e. The molecule has 5 heteroatoms. The first-order chi connectivity index (χ1) is 9.10. The number of carbonyl (C=O) groups is 2. The minimum absolute atomic E-state index is 0.0508. The molecule has 1 aliphatic heterocycles. The second-order valence-electron chi connectivity index (χ2n) is 4.04. The highest BCUT2D eigenvalue weighted by atomic mass is 16.5. The lowest BCUT2D eigenvalue weighted by molar-refractivity contribution is -0.137. The highest BCUT2D eigenvalue weighted by Crippen LogP contribution is 2.28. The van der Waals surface area contributed by atoms with E-state index in [0.717, 1.165) is 4.90 Å². The van der Waals surface area contributed by atoms with Crippen molar-refractivity contribution < 1.29 is 19.4 Å². The normalized spacial score (nSPS) is 15.4. The standard InChI is InChI=1S/C14H15NO4/c1-3-15-13(17)11(12(16)14(15)18)9-5-7-10(8-6-9)19-4-2/h5-8,16H,3-4H2,1-2H3. The molecule has 0 spiro atoms. The summed E-state index contributed by atoms with van der Waals surface area (Å²) in [5.41, 5.74) is 0.560. The SMILES string of the molecule is CCOc1ccc(C2=C(O)C(=O)N(CC)C2=O)cc1. The van der Waals surface area contributed by atoms with Crippen molar-refractivity contribution in [2.24, 2.45) is 0 Å². The van der Waals surface area contributed by atoms with Crippen LogP contribution in [0, 0.1) is 0 Å². The number of likely N-dealkylation sites (N-methyl/N-ethyl adjacent to an activating group) is 1. The van der Waals surface area contributed by atoms with Gasteiger partial charge in [0.05, 0.1) is 12.2 Å². The van der Waals surface area contributed by atoms with E-state index >= 15 is 0 Å². The molecule has 100 valence electrons. The van der Waals surface area contributed by atoms with Gasteiger partial charge < -0.3 is 9.84 Å². The van der Waals surface area contributed by atoms with Crippen LogP contribution in [0.4, 0.5) is 0 Å². The molecule has 0 saturated heterocycles. The number of aliphatic hydroxyl groups excluding tert-OH is 1. The Kier molecular flexibility index (Phi) is 3.55. The number of imide groups is 1. The van der Waals surface area contributed by atoms with Gasteiger partial charge in [0, 0.05) is 6.54 Å². The molecule has 0 bridgehead atoms. The van der Waals surface area contributed by atoms with Gasteiger partial charge in [0.1, 0.15) is 5.75 Å². The average Bonchev–Trinajstić information content (AvgIpc) is 2.62. The molecular weight excluding hydrogens is 246 g/mol. The Morgan fingerprint density at radius 1 is 1.11 bits per heavy atom. The number of hydrogen-bond donors (Lipinski definition) is 1. The molecular formula is C14H15NO4. The van der Waals surface area contributed by atoms with Gasteiger partial charge in [-0.05, 0) is 31.5 Å². The molecule has 0 aliphatic carbocycles. The zero-order valence-corrected chi connectivity index (χ0v) is 10.8. The van der Waals surface area contributed by atoms with Gasteiger partial charge in [0.15, 0.2) is 5.76 Å². The predicted molar refractivity (Wildman–Crippen MR) is 69.6 cm³/mol. The van der Waals surface area contributed by atoms with Crippen LogP contribution in [0.5, 0.6) is 5.75 Å². The van der Waals surface area contributed by atoms with Crippen LogP contribution in [-0.4, -0.2) is 35.0 Å². The fourth-order valence-corrected chi connectivity index (χ4v) is 2.00. The summed E-state index contributed by atoms with van der Waals surface area (Å²) >= 11 is 0. The van der Waals surface area contributed by atoms with Gasteiger partial charge in [-0.3, -0.25) is 14.5 Å². The Morgan fingerprint density at radius 3 is 2.21 bits per heavy atom. The largest absolute Gasteiger partial charge is 0.502 e. The van der Waals surface area contributed by atoms with E-state index in [2.05, 4.69) is 0 Å². The van der Waals surface area contributed by atoms with Crippen molar-refractivity contribution in [3.05, 3.63) is 35.6 Å². The Morgan fingerprint density at radius 2 is 1.74 bits per heavy atom. The van der Waals surface area contributed by atoms with E-state index < -0.39 is 17.6 Å². The predicted octanol–water partition coefficient (Wildman–Crippen LogP) is 1.74. The molecule has 1 aromatic rings. The van der Waals surface area contributed by atoms with Crippen molar-refractivity contribution in [1.82, 2.24) is 4.90 Å². The summed E-state index contributed by atoms with van der Waals surface area (Å²) < 4.78 is 5.30. The molecule has 0 fully saturated rings. The number of nitrogens with zero attached hydrogens (tertiary/aromatic N) is 1. The van der Waals surface area contributed by atoms with Gasteiger partial charge in [-0.2, -0.15) is 0 Å². The van der Waals surface area contributed by atoms with Gasteiger partial charge >= 0.3 is 0 Å². The molecule has 1 heterocycles. The van der Waals surface area contributed by atoms with Crippen molar-refractivity contribution in [2.75, 3.05) is 13.2 Å². The molecule has 1 aliphatic rings. The Balaban J connectivity index is 2.36. The fourth-order valence-electron chi connectivity index (χ4n) is 2.00. The Bertz CT molecular complexity index is 545. The van der Waals surface area contributed by atoms with Crippen molar-refractivity contribution in [2.45, 2.75) is 13.8 Å². The van der Waals surface area contributed by atoms with Gasteiger partial charge in [-0.25, -0.2) is 0 Å². The lowest BCUT2D eigenvalue weighted by Gasteiger charge is -2.10. The van der Waals surface area contributed by atoms with E-state index in [0.29, 0.717) is 17.9 Å². The molecule has 0 saturated carbocycles. The second-order valence-corrected chi connectivity index (χ2v) is 4.04. The number of hydrogen-bond acceptors (Lipinski definition) is 4. The Labute approximate surface area is 111 Å². The summed E-state index contributed by atoms with van der Waals surface area (Å²) in [7, 11) is 0. The van der Waals surface area contributed by atoms with Crippen molar-refractivity contribution in [3.8, 4) is 5.75 Å². The summed E-state index contributed by atoms with van der Waals surface area (Å²) in [6.07, 6.45) is 0. The Hall–Kier alpha value is -2.30. The first-order valence-electron chi connectivity index (χ1n) is 6.12. The summed E-state index contributed by atoms with van der Waals surface area (Å²) in [6, 6.07) is 6.71. The van der Waals surface area contributed by atoms with Crippen LogP contribution in [-0.2, 0) is 9.59 Å². The van der Waals surface area contributed by atoms with E-state index in [9.17, 15) is 14.7 Å². The van der Waals surface area contributed by atoms with E-state index in [4.69, 9.17) is 4.74 Å². The molecule has 1 N–H and O–H groups in total. The van der Waals surface area contributed by atoms with Crippen molar-refractivity contribution in [3.63, 3.8) is 0 Å². The summed E-state index contributed by atoms with van der Waals surface area (Å²) in [6.45, 7) is 4.35. The fraction of sp³-hybridized carbons (Fsp3) is 0.286. The third kappa shape index (κ3) is 2.19. The zero-order chi connectivity index (χ0) is 14.0. The van der Waals surface area contributed by atoms with Crippen molar-refractivity contribution >= 4 is 17.4 Å². The minimum atomic E-state index is -0.642. The maximum absolute atomic E-state index is 12.0. The highest BCUT2D eigenvalue weighted by Gasteiger charge is 2.38. The zero-order valence-electron chi connectivity index (χ0n) is 10.8. The van der Waals surface area contributed by atoms with E-state index in [1.54, 1.807) is 31.2 Å². The number of benzene rings is 1. The number of amides is 2. The third-order valence-corrected chi connectivity index (χ3v) is 2.91. The van der Waals surface area contributed by atoms with Crippen LogP contribution in [0.1, 0.15) is 19.4 Å². The van der Waals surface area contributed by atoms with Crippen LogP contribution in [0.2, 0.25) is 0 Å². The number of rotatable bonds is 4. The van der Waals surface area contributed by atoms with Crippen LogP contribution in [0.3, 0.4) is 0 Å². The molecule has 5 nitrogen and oxygen atoms in total. The molecule has 0 atom stereocenters. The maximum atomic E-state index is 12.0. The topological polar surface area (TPSA) is 66.8 Å². The molecule has 19 heavy (non-hydrogen) atoms. The van der Waals surface area contributed by atoms with Gasteiger partial charge in [0.2, 0.25) is 0 Å². The average molecular weight is 261 g/mol. The molecule has 0 radical (unpaired) electrons. The summed E-state index contributed by atoms with van der Waals surface area (Å²) in [4.78, 5) is 24.7. The molecule has 2 amide bonds. The molecule has 2 rings (SSSR count). The molecule has 0 aromatic heterocycles. The first-order valence-corrected chi connectivity index (χ1v) is 6.12. The van der Waals surface area contributed by atoms with Crippen LogP contribution in [0.15, 0.2) is 30.0 Å². The van der Waals surface area contributed by atoms with Crippen molar-refractivity contribution in [1.29, 1.82) is 0 Å². The third-order valence-electron chi connectivity index (χ3n) is 2.91. The van der Waals surface area contributed by atoms with Gasteiger partial charge in [0.25, 0.3) is 11.8 Å².